The number of carboxylic acids is 1. The van der Waals surface area contributed by atoms with Crippen LogP contribution in [0.5, 0.6) is 0 Å². The molecule has 92 valence electrons. The fourth-order valence-corrected chi connectivity index (χ4v) is 2.82. The Kier molecular flexibility index (Phi) is 5.08. The van der Waals surface area contributed by atoms with Gasteiger partial charge in [0.1, 0.15) is 6.04 Å². The van der Waals surface area contributed by atoms with Crippen LogP contribution in [0.3, 0.4) is 0 Å². The normalized spacial score (nSPS) is 22.1. The van der Waals surface area contributed by atoms with E-state index < -0.39 is 12.0 Å². The van der Waals surface area contributed by atoms with Crippen LogP contribution >= 0.6 is 11.8 Å². The molecule has 5 nitrogen and oxygen atoms in total. The van der Waals surface area contributed by atoms with Crippen LogP contribution in [-0.2, 0) is 14.3 Å². The molecule has 0 radical (unpaired) electrons. The van der Waals surface area contributed by atoms with Gasteiger partial charge in [-0.05, 0) is 5.92 Å². The van der Waals surface area contributed by atoms with Crippen molar-refractivity contribution in [2.24, 2.45) is 5.92 Å². The quantitative estimate of drug-likeness (QED) is 0.772. The van der Waals surface area contributed by atoms with Gasteiger partial charge in [0.05, 0.1) is 5.88 Å². The first-order valence-corrected chi connectivity index (χ1v) is 6.30. The number of carboxylic acid groups (broad SMARTS) is 1. The molecule has 1 aliphatic heterocycles. The highest BCUT2D eigenvalue weighted by Gasteiger charge is 2.34. The van der Waals surface area contributed by atoms with Crippen LogP contribution in [0.15, 0.2) is 0 Å². The van der Waals surface area contributed by atoms with E-state index in [0.29, 0.717) is 24.7 Å². The zero-order valence-corrected chi connectivity index (χ0v) is 10.3. The first kappa shape index (κ1) is 13.3. The second-order valence-electron chi connectivity index (χ2n) is 3.98. The van der Waals surface area contributed by atoms with Gasteiger partial charge < -0.3 is 14.7 Å². The van der Waals surface area contributed by atoms with Crippen molar-refractivity contribution in [3.8, 4) is 0 Å². The molecule has 1 heterocycles. The molecule has 16 heavy (non-hydrogen) atoms. The van der Waals surface area contributed by atoms with Crippen LogP contribution in [0, 0.1) is 5.92 Å². The third-order valence-electron chi connectivity index (χ3n) is 2.46. The summed E-state index contributed by atoms with van der Waals surface area (Å²) in [6, 6.07) is -0.660. The smallest absolute Gasteiger partial charge is 0.327 e. The van der Waals surface area contributed by atoms with E-state index in [-0.39, 0.29) is 11.8 Å². The maximum Gasteiger partial charge on any atom is 0.327 e. The molecule has 1 fully saturated rings. The number of carbonyl (C=O) groups excluding carboxylic acids is 1. The number of ether oxygens (including phenoxy) is 1. The number of carbonyl (C=O) groups is 2. The molecule has 0 spiro atoms. The minimum Gasteiger partial charge on any atom is -0.480 e. The van der Waals surface area contributed by atoms with Crippen LogP contribution in [0.25, 0.3) is 0 Å². The van der Waals surface area contributed by atoms with Crippen LogP contribution in [0.2, 0.25) is 0 Å². The molecule has 1 amide bonds. The van der Waals surface area contributed by atoms with Gasteiger partial charge in [-0.25, -0.2) is 4.79 Å². The molecule has 1 N–H and O–H groups in total. The van der Waals surface area contributed by atoms with Crippen molar-refractivity contribution in [3.05, 3.63) is 0 Å². The van der Waals surface area contributed by atoms with Crippen molar-refractivity contribution in [1.82, 2.24) is 4.90 Å². The Labute approximate surface area is 99.1 Å². The lowest BCUT2D eigenvalue weighted by Gasteiger charge is -2.22. The summed E-state index contributed by atoms with van der Waals surface area (Å²) in [5.41, 5.74) is 0. The van der Waals surface area contributed by atoms with E-state index in [2.05, 4.69) is 0 Å². The standard InChI is InChI=1S/C10H17NO4S/c1-7(4-15-2)3-9(12)11-6-16-5-8(11)10(13)14/h7-8H,3-6H2,1-2H3,(H,13,14). The summed E-state index contributed by atoms with van der Waals surface area (Å²) in [7, 11) is 1.59. The summed E-state index contributed by atoms with van der Waals surface area (Å²) in [5.74, 6) is 0.0760. The van der Waals surface area contributed by atoms with Gasteiger partial charge in [0.15, 0.2) is 0 Å². The number of aliphatic carboxylic acids is 1. The topological polar surface area (TPSA) is 66.8 Å². The fraction of sp³-hybridized carbons (Fsp3) is 0.800. The third kappa shape index (κ3) is 3.38. The first-order chi connectivity index (χ1) is 7.56. The molecule has 0 saturated carbocycles. The van der Waals surface area contributed by atoms with Gasteiger partial charge >= 0.3 is 5.97 Å². The lowest BCUT2D eigenvalue weighted by Crippen LogP contribution is -2.42. The maximum atomic E-state index is 11.8. The summed E-state index contributed by atoms with van der Waals surface area (Å²) in [6.45, 7) is 2.44. The lowest BCUT2D eigenvalue weighted by atomic mass is 10.1. The molecule has 2 unspecified atom stereocenters. The van der Waals surface area contributed by atoms with Crippen LogP contribution in [-0.4, -0.2) is 53.3 Å². The van der Waals surface area contributed by atoms with Gasteiger partial charge in [0.2, 0.25) is 5.91 Å². The number of methoxy groups -OCH3 is 1. The highest BCUT2D eigenvalue weighted by Crippen LogP contribution is 2.22. The Morgan fingerprint density at radius 2 is 2.31 bits per heavy atom. The van der Waals surface area contributed by atoms with E-state index in [9.17, 15) is 9.59 Å². The third-order valence-corrected chi connectivity index (χ3v) is 3.47. The summed E-state index contributed by atoms with van der Waals surface area (Å²) in [6.07, 6.45) is 0.345. The molecule has 0 bridgehead atoms. The van der Waals surface area contributed by atoms with E-state index >= 15 is 0 Å². The Morgan fingerprint density at radius 3 is 2.88 bits per heavy atom. The fourth-order valence-electron chi connectivity index (χ4n) is 1.65. The van der Waals surface area contributed by atoms with E-state index in [1.807, 2.05) is 6.92 Å². The van der Waals surface area contributed by atoms with Gasteiger partial charge in [-0.15, -0.1) is 11.8 Å². The molecule has 1 saturated heterocycles. The second kappa shape index (κ2) is 6.10. The van der Waals surface area contributed by atoms with Crippen molar-refractivity contribution in [2.45, 2.75) is 19.4 Å². The first-order valence-electron chi connectivity index (χ1n) is 5.15. The van der Waals surface area contributed by atoms with Crippen LogP contribution in [0.1, 0.15) is 13.3 Å². The molecule has 1 aliphatic rings. The molecular weight excluding hydrogens is 230 g/mol. The molecule has 0 aliphatic carbocycles. The van der Waals surface area contributed by atoms with E-state index in [0.717, 1.165) is 0 Å². The highest BCUT2D eigenvalue weighted by atomic mass is 32.2. The Hall–Kier alpha value is -0.750. The number of hydrogen-bond acceptors (Lipinski definition) is 4. The number of nitrogens with zero attached hydrogens (tertiary/aromatic N) is 1. The lowest BCUT2D eigenvalue weighted by molar-refractivity contribution is -0.148. The molecule has 6 heteroatoms. The largest absolute Gasteiger partial charge is 0.480 e. The summed E-state index contributed by atoms with van der Waals surface area (Å²) in [4.78, 5) is 24.2. The Bertz CT molecular complexity index is 272. The number of rotatable bonds is 5. The van der Waals surface area contributed by atoms with E-state index in [4.69, 9.17) is 9.84 Å². The SMILES string of the molecule is COCC(C)CC(=O)N1CSCC1C(=O)O. The van der Waals surface area contributed by atoms with Crippen molar-refractivity contribution < 1.29 is 19.4 Å². The van der Waals surface area contributed by atoms with Gasteiger partial charge in [-0.2, -0.15) is 0 Å². The Balaban J connectivity index is 2.49. The zero-order chi connectivity index (χ0) is 12.1. The van der Waals surface area contributed by atoms with Crippen LogP contribution in [0.4, 0.5) is 0 Å². The number of hydrogen-bond donors (Lipinski definition) is 1. The van der Waals surface area contributed by atoms with E-state index in [1.165, 1.54) is 16.7 Å². The second-order valence-corrected chi connectivity index (χ2v) is 4.98. The molecule has 0 aromatic carbocycles. The van der Waals surface area contributed by atoms with Gasteiger partial charge in [-0.1, -0.05) is 6.92 Å². The molecule has 1 rings (SSSR count). The Morgan fingerprint density at radius 1 is 1.62 bits per heavy atom. The molecular formula is C10H17NO4S. The monoisotopic (exact) mass is 247 g/mol. The van der Waals surface area contributed by atoms with Gasteiger partial charge in [0, 0.05) is 25.9 Å². The van der Waals surface area contributed by atoms with Crippen molar-refractivity contribution in [1.29, 1.82) is 0 Å². The van der Waals surface area contributed by atoms with Crippen molar-refractivity contribution in [3.63, 3.8) is 0 Å². The maximum absolute atomic E-state index is 11.8. The average molecular weight is 247 g/mol. The van der Waals surface area contributed by atoms with Crippen molar-refractivity contribution >= 4 is 23.6 Å². The van der Waals surface area contributed by atoms with Gasteiger partial charge in [-0.3, -0.25) is 4.79 Å². The van der Waals surface area contributed by atoms with E-state index in [1.54, 1.807) is 7.11 Å². The average Bonchev–Trinajstić information content (AvgIpc) is 2.65. The molecule has 0 aromatic heterocycles. The highest BCUT2D eigenvalue weighted by molar-refractivity contribution is 7.99. The van der Waals surface area contributed by atoms with Crippen LogP contribution < -0.4 is 0 Å². The predicted octanol–water partition coefficient (Wildman–Crippen LogP) is 0.645. The summed E-state index contributed by atoms with van der Waals surface area (Å²) in [5, 5.41) is 8.94. The minimum absolute atomic E-state index is 0.0954. The predicted molar refractivity (Wildman–Crippen MR) is 61.3 cm³/mol. The summed E-state index contributed by atoms with van der Waals surface area (Å²) >= 11 is 1.48. The molecule has 0 aromatic rings. The number of amides is 1. The molecule has 2 atom stereocenters. The summed E-state index contributed by atoms with van der Waals surface area (Å²) < 4.78 is 4.95. The minimum atomic E-state index is -0.919. The zero-order valence-electron chi connectivity index (χ0n) is 9.51. The van der Waals surface area contributed by atoms with Crippen molar-refractivity contribution in [2.75, 3.05) is 25.3 Å². The van der Waals surface area contributed by atoms with Gasteiger partial charge in [0.25, 0.3) is 0 Å². The number of thioether (sulfide) groups is 1.